The first-order valence-electron chi connectivity index (χ1n) is 6.16. The number of para-hydroxylation sites is 2. The molecule has 0 spiro atoms. The Morgan fingerprint density at radius 3 is 2.48 bits per heavy atom. The van der Waals surface area contributed by atoms with E-state index in [1.807, 2.05) is 0 Å². The highest BCUT2D eigenvalue weighted by atomic mass is 16.7. The molecule has 1 aromatic carbocycles. The van der Waals surface area contributed by atoms with Gasteiger partial charge in [-0.05, 0) is 6.07 Å². The lowest BCUT2D eigenvalue weighted by Gasteiger charge is -2.39. The van der Waals surface area contributed by atoms with Crippen LogP contribution in [0.1, 0.15) is 0 Å². The molecule has 0 unspecified atom stereocenters. The molecule has 1 heterocycles. The van der Waals surface area contributed by atoms with Crippen LogP contribution < -0.4 is 4.74 Å². The van der Waals surface area contributed by atoms with Crippen molar-refractivity contribution in [3.05, 3.63) is 34.4 Å². The molecule has 0 saturated carbocycles. The Hall–Kier alpha value is -1.78. The van der Waals surface area contributed by atoms with Gasteiger partial charge in [-0.3, -0.25) is 10.1 Å². The van der Waals surface area contributed by atoms with E-state index in [-0.39, 0.29) is 11.4 Å². The lowest BCUT2D eigenvalue weighted by atomic mass is 9.99. The van der Waals surface area contributed by atoms with Crippen LogP contribution in [-0.2, 0) is 4.74 Å². The van der Waals surface area contributed by atoms with E-state index in [4.69, 9.17) is 14.6 Å². The topological polar surface area (TPSA) is 143 Å². The van der Waals surface area contributed by atoms with Crippen LogP contribution in [0, 0.1) is 10.1 Å². The lowest BCUT2D eigenvalue weighted by Crippen LogP contribution is -2.60. The van der Waals surface area contributed by atoms with Crippen LogP contribution in [0.5, 0.6) is 5.75 Å². The number of rotatable bonds is 4. The molecule has 0 bridgehead atoms. The predicted octanol–water partition coefficient (Wildman–Crippen LogP) is -1.23. The van der Waals surface area contributed by atoms with Gasteiger partial charge in [0.2, 0.25) is 6.29 Å². The maximum Gasteiger partial charge on any atom is 0.311 e. The Kier molecular flexibility index (Phi) is 4.70. The molecule has 21 heavy (non-hydrogen) atoms. The third-order valence-corrected chi connectivity index (χ3v) is 3.15. The summed E-state index contributed by atoms with van der Waals surface area (Å²) in [4.78, 5) is 10.2. The van der Waals surface area contributed by atoms with E-state index >= 15 is 0 Å². The van der Waals surface area contributed by atoms with Crippen molar-refractivity contribution in [2.45, 2.75) is 30.7 Å². The van der Waals surface area contributed by atoms with Crippen LogP contribution in [0.3, 0.4) is 0 Å². The van der Waals surface area contributed by atoms with Crippen LogP contribution in [0.2, 0.25) is 0 Å². The molecule has 0 aromatic heterocycles. The molecular weight excluding hydrogens is 286 g/mol. The number of aliphatic hydroxyl groups excluding tert-OH is 4. The number of aliphatic hydroxyl groups is 4. The van der Waals surface area contributed by atoms with Crippen molar-refractivity contribution in [1.82, 2.24) is 0 Å². The van der Waals surface area contributed by atoms with Crippen LogP contribution in [0.4, 0.5) is 5.69 Å². The molecule has 9 nitrogen and oxygen atoms in total. The first-order chi connectivity index (χ1) is 9.95. The zero-order valence-corrected chi connectivity index (χ0v) is 10.8. The van der Waals surface area contributed by atoms with Gasteiger partial charge in [0, 0.05) is 6.07 Å². The second-order valence-electron chi connectivity index (χ2n) is 4.54. The van der Waals surface area contributed by atoms with Crippen LogP contribution in [-0.4, -0.2) is 62.7 Å². The summed E-state index contributed by atoms with van der Waals surface area (Å²) in [5.41, 5.74) is -0.338. The monoisotopic (exact) mass is 301 g/mol. The maximum absolute atomic E-state index is 10.9. The standard InChI is InChI=1S/C12H15NO8/c14-5-8-9(15)10(16)11(17)12(21-8)20-7-4-2-1-3-6(7)13(18)19/h1-4,8-12,14-17H,5H2/t8-,9-,10+,11-,12+/m1/s1. The first kappa shape index (κ1) is 15.6. The molecule has 1 aromatic rings. The van der Waals surface area contributed by atoms with Crippen molar-refractivity contribution in [2.24, 2.45) is 0 Å². The number of ether oxygens (including phenoxy) is 2. The summed E-state index contributed by atoms with van der Waals surface area (Å²) < 4.78 is 10.3. The average Bonchev–Trinajstić information content (AvgIpc) is 2.48. The molecule has 4 N–H and O–H groups in total. The zero-order chi connectivity index (χ0) is 15.6. The molecule has 5 atom stereocenters. The molecule has 0 aliphatic carbocycles. The van der Waals surface area contributed by atoms with E-state index in [1.165, 1.54) is 24.3 Å². The summed E-state index contributed by atoms with van der Waals surface area (Å²) in [7, 11) is 0. The average molecular weight is 301 g/mol. The molecular formula is C12H15NO8. The van der Waals surface area contributed by atoms with Gasteiger partial charge in [0.05, 0.1) is 11.5 Å². The molecule has 9 heteroatoms. The van der Waals surface area contributed by atoms with Gasteiger partial charge >= 0.3 is 5.69 Å². The van der Waals surface area contributed by atoms with Gasteiger partial charge in [-0.25, -0.2) is 0 Å². The van der Waals surface area contributed by atoms with E-state index in [0.29, 0.717) is 0 Å². The van der Waals surface area contributed by atoms with Crippen molar-refractivity contribution < 1.29 is 34.8 Å². The van der Waals surface area contributed by atoms with E-state index in [2.05, 4.69) is 0 Å². The molecule has 1 saturated heterocycles. The molecule has 1 fully saturated rings. The minimum atomic E-state index is -1.62. The van der Waals surface area contributed by atoms with Crippen molar-refractivity contribution in [2.75, 3.05) is 6.61 Å². The number of benzene rings is 1. The molecule has 1 aliphatic heterocycles. The smallest absolute Gasteiger partial charge is 0.311 e. The quantitative estimate of drug-likeness (QED) is 0.400. The van der Waals surface area contributed by atoms with Crippen molar-refractivity contribution in [1.29, 1.82) is 0 Å². The summed E-state index contributed by atoms with van der Waals surface area (Å²) in [6.45, 7) is -0.609. The normalized spacial score (nSPS) is 32.7. The molecule has 0 radical (unpaired) electrons. The second-order valence-corrected chi connectivity index (χ2v) is 4.54. The van der Waals surface area contributed by atoms with Crippen molar-refractivity contribution >= 4 is 5.69 Å². The predicted molar refractivity (Wildman–Crippen MR) is 67.5 cm³/mol. The Bertz CT molecular complexity index is 508. The minimum absolute atomic E-state index is 0.160. The molecule has 2 rings (SSSR count). The number of hydrogen-bond donors (Lipinski definition) is 4. The van der Waals surface area contributed by atoms with Crippen LogP contribution in [0.25, 0.3) is 0 Å². The Balaban J connectivity index is 2.20. The summed E-state index contributed by atoms with van der Waals surface area (Å²) in [6, 6.07) is 5.45. The lowest BCUT2D eigenvalue weighted by molar-refractivity contribution is -0.387. The first-order valence-corrected chi connectivity index (χ1v) is 6.16. The van der Waals surface area contributed by atoms with E-state index in [9.17, 15) is 25.4 Å². The van der Waals surface area contributed by atoms with Gasteiger partial charge in [0.15, 0.2) is 5.75 Å². The molecule has 0 amide bonds. The van der Waals surface area contributed by atoms with Gasteiger partial charge in [-0.2, -0.15) is 0 Å². The number of nitro groups is 1. The highest BCUT2D eigenvalue weighted by molar-refractivity contribution is 5.45. The third kappa shape index (κ3) is 3.12. The second kappa shape index (κ2) is 6.33. The molecule has 116 valence electrons. The summed E-state index contributed by atoms with van der Waals surface area (Å²) >= 11 is 0. The fourth-order valence-electron chi connectivity index (χ4n) is 2.00. The van der Waals surface area contributed by atoms with E-state index in [0.717, 1.165) is 0 Å². The highest BCUT2D eigenvalue weighted by Crippen LogP contribution is 2.30. The molecule has 1 aliphatic rings. The third-order valence-electron chi connectivity index (χ3n) is 3.15. The van der Waals surface area contributed by atoms with Gasteiger partial charge in [-0.15, -0.1) is 0 Å². The number of nitro benzene ring substituents is 1. The van der Waals surface area contributed by atoms with Gasteiger partial charge < -0.3 is 29.9 Å². The van der Waals surface area contributed by atoms with E-state index < -0.39 is 42.2 Å². The maximum atomic E-state index is 10.9. The Morgan fingerprint density at radius 2 is 1.86 bits per heavy atom. The zero-order valence-electron chi connectivity index (χ0n) is 10.8. The van der Waals surface area contributed by atoms with Crippen LogP contribution in [0.15, 0.2) is 24.3 Å². The Labute approximate surface area is 119 Å². The number of nitrogens with zero attached hydrogens (tertiary/aromatic N) is 1. The Morgan fingerprint density at radius 1 is 1.19 bits per heavy atom. The van der Waals surface area contributed by atoms with Crippen LogP contribution >= 0.6 is 0 Å². The summed E-state index contributed by atoms with van der Waals surface area (Å²) in [5, 5.41) is 49.0. The SMILES string of the molecule is O=[N+]([O-])c1ccccc1O[C@H]1O[C@H](CO)[C@@H](O)[C@H](O)[C@H]1O. The van der Waals surface area contributed by atoms with Gasteiger partial charge in [-0.1, -0.05) is 12.1 Å². The number of hydrogen-bond acceptors (Lipinski definition) is 8. The largest absolute Gasteiger partial charge is 0.455 e. The minimum Gasteiger partial charge on any atom is -0.455 e. The van der Waals surface area contributed by atoms with Crippen molar-refractivity contribution in [3.8, 4) is 5.75 Å². The van der Waals surface area contributed by atoms with Gasteiger partial charge in [0.25, 0.3) is 0 Å². The fourth-order valence-corrected chi connectivity index (χ4v) is 2.00. The van der Waals surface area contributed by atoms with Crippen molar-refractivity contribution in [3.63, 3.8) is 0 Å². The summed E-state index contributed by atoms with van der Waals surface area (Å²) in [5.74, 6) is -0.160. The van der Waals surface area contributed by atoms with E-state index in [1.54, 1.807) is 0 Å². The van der Waals surface area contributed by atoms with Gasteiger partial charge in [0.1, 0.15) is 24.4 Å². The summed E-state index contributed by atoms with van der Waals surface area (Å²) in [6.07, 6.45) is -7.35. The highest BCUT2D eigenvalue weighted by Gasteiger charge is 2.45. The fraction of sp³-hybridized carbons (Fsp3) is 0.500.